The molecule has 1 atom stereocenters. The van der Waals surface area contributed by atoms with Crippen molar-refractivity contribution in [3.05, 3.63) is 29.3 Å². The monoisotopic (exact) mass is 334 g/mol. The number of hydrogen-bond donors (Lipinski definition) is 0. The lowest BCUT2D eigenvalue weighted by Gasteiger charge is -2.04. The van der Waals surface area contributed by atoms with E-state index in [1.807, 2.05) is 12.1 Å². The molecule has 0 saturated heterocycles. The topological polar surface area (TPSA) is 43.6 Å². The number of nitrogens with zero attached hydrogens (tertiary/aromatic N) is 4. The van der Waals surface area contributed by atoms with Gasteiger partial charge in [0.1, 0.15) is 4.33 Å². The van der Waals surface area contributed by atoms with Gasteiger partial charge in [-0.05, 0) is 41.1 Å². The van der Waals surface area contributed by atoms with Crippen LogP contribution in [-0.2, 0) is 0 Å². The van der Waals surface area contributed by atoms with Gasteiger partial charge in [-0.1, -0.05) is 23.4 Å². The Hall–Kier alpha value is -0.490. The fraction of sp³-hybridized carbons (Fsp3) is 0.364. The molecule has 3 rings (SSSR count). The number of tetrazole rings is 1. The van der Waals surface area contributed by atoms with Gasteiger partial charge >= 0.3 is 0 Å². The number of rotatable bonds is 4. The first-order chi connectivity index (χ1) is 9.06. The van der Waals surface area contributed by atoms with E-state index in [4.69, 9.17) is 34.8 Å². The van der Waals surface area contributed by atoms with Crippen LogP contribution in [0.25, 0.3) is 5.69 Å². The van der Waals surface area contributed by atoms with Crippen molar-refractivity contribution in [3.8, 4) is 5.69 Å². The van der Waals surface area contributed by atoms with Gasteiger partial charge in [0.2, 0.25) is 5.16 Å². The zero-order valence-corrected chi connectivity index (χ0v) is 12.7. The van der Waals surface area contributed by atoms with Gasteiger partial charge in [0, 0.05) is 16.7 Å². The summed E-state index contributed by atoms with van der Waals surface area (Å²) in [7, 11) is 0. The molecular weight excluding hydrogens is 327 g/mol. The summed E-state index contributed by atoms with van der Waals surface area (Å²) in [4.78, 5) is 0. The first-order valence-corrected chi connectivity index (χ1v) is 7.73. The molecule has 2 aromatic rings. The third kappa shape index (κ3) is 2.99. The number of hydrogen-bond acceptors (Lipinski definition) is 4. The predicted octanol–water partition coefficient (Wildman–Crippen LogP) is 3.60. The van der Waals surface area contributed by atoms with Crippen LogP contribution in [0, 0.1) is 5.92 Å². The van der Waals surface area contributed by atoms with Crippen LogP contribution in [0.1, 0.15) is 6.42 Å². The van der Waals surface area contributed by atoms with E-state index in [-0.39, 0.29) is 0 Å². The summed E-state index contributed by atoms with van der Waals surface area (Å²) in [6.07, 6.45) is 0.825. The second kappa shape index (κ2) is 5.13. The Morgan fingerprint density at radius 2 is 2.00 bits per heavy atom. The Morgan fingerprint density at radius 1 is 1.32 bits per heavy atom. The summed E-state index contributed by atoms with van der Waals surface area (Å²) in [6.45, 7) is 0. The molecular formula is C11H9Cl3N4S. The molecule has 0 N–H and O–H groups in total. The van der Waals surface area contributed by atoms with Gasteiger partial charge in [0.05, 0.1) is 5.69 Å². The number of alkyl halides is 2. The lowest BCUT2D eigenvalue weighted by atomic mass is 10.3. The summed E-state index contributed by atoms with van der Waals surface area (Å²) in [5.41, 5.74) is 0.871. The summed E-state index contributed by atoms with van der Waals surface area (Å²) in [5.74, 6) is 1.11. The fourth-order valence-electron chi connectivity index (χ4n) is 1.64. The number of thioether (sulfide) groups is 1. The van der Waals surface area contributed by atoms with Crippen LogP contribution < -0.4 is 0 Å². The maximum Gasteiger partial charge on any atom is 0.214 e. The quantitative estimate of drug-likeness (QED) is 0.632. The van der Waals surface area contributed by atoms with Crippen molar-refractivity contribution < 1.29 is 0 Å². The molecule has 1 aromatic heterocycles. The molecule has 0 bridgehead atoms. The van der Waals surface area contributed by atoms with E-state index >= 15 is 0 Å². The van der Waals surface area contributed by atoms with Crippen LogP contribution in [-0.4, -0.2) is 30.3 Å². The Kier molecular flexibility index (Phi) is 3.64. The largest absolute Gasteiger partial charge is 0.214 e. The van der Waals surface area contributed by atoms with E-state index in [0.29, 0.717) is 10.9 Å². The Labute approximate surface area is 129 Å². The minimum absolute atomic E-state index is 0.302. The van der Waals surface area contributed by atoms with Gasteiger partial charge in [-0.15, -0.1) is 28.3 Å². The highest BCUT2D eigenvalue weighted by Gasteiger charge is 2.51. The Balaban J connectivity index is 1.73. The van der Waals surface area contributed by atoms with Gasteiger partial charge in [-0.25, -0.2) is 0 Å². The normalized spacial score (nSPS) is 20.5. The Morgan fingerprint density at radius 3 is 2.63 bits per heavy atom. The SMILES string of the molecule is Clc1ccc(-n2nnnc2SCC2CC2(Cl)Cl)cc1. The van der Waals surface area contributed by atoms with Gasteiger partial charge in [-0.2, -0.15) is 4.68 Å². The van der Waals surface area contributed by atoms with E-state index in [1.165, 1.54) is 0 Å². The van der Waals surface area contributed by atoms with E-state index in [1.54, 1.807) is 28.6 Å². The van der Waals surface area contributed by atoms with Crippen molar-refractivity contribution in [1.82, 2.24) is 20.2 Å². The van der Waals surface area contributed by atoms with Crippen molar-refractivity contribution in [2.45, 2.75) is 15.9 Å². The second-order valence-electron chi connectivity index (χ2n) is 4.32. The molecule has 19 heavy (non-hydrogen) atoms. The van der Waals surface area contributed by atoms with Gasteiger partial charge in [-0.3, -0.25) is 0 Å². The standard InChI is InChI=1S/C11H9Cl3N4S/c12-8-1-3-9(4-2-8)18-10(15-16-17-18)19-6-7-5-11(7,13)14/h1-4,7H,5-6H2. The molecule has 1 heterocycles. The molecule has 1 aromatic carbocycles. The average Bonchev–Trinajstić information content (AvgIpc) is 2.79. The van der Waals surface area contributed by atoms with E-state index in [2.05, 4.69) is 15.5 Å². The highest BCUT2D eigenvalue weighted by molar-refractivity contribution is 7.99. The molecule has 1 unspecified atom stereocenters. The molecule has 0 radical (unpaired) electrons. The minimum Gasteiger partial charge on any atom is -0.188 e. The molecule has 100 valence electrons. The molecule has 1 aliphatic carbocycles. The fourth-order valence-corrected chi connectivity index (χ4v) is 3.59. The average molecular weight is 336 g/mol. The lowest BCUT2D eigenvalue weighted by Crippen LogP contribution is -2.00. The van der Waals surface area contributed by atoms with Crippen molar-refractivity contribution in [2.24, 2.45) is 5.92 Å². The Bertz CT molecular complexity index is 584. The zero-order chi connectivity index (χ0) is 13.5. The maximum atomic E-state index is 6.00. The smallest absolute Gasteiger partial charge is 0.188 e. The van der Waals surface area contributed by atoms with Crippen molar-refractivity contribution in [2.75, 3.05) is 5.75 Å². The van der Waals surface area contributed by atoms with E-state index in [9.17, 15) is 0 Å². The van der Waals surface area contributed by atoms with Crippen LogP contribution in [0.2, 0.25) is 5.02 Å². The lowest BCUT2D eigenvalue weighted by molar-refractivity contribution is 0.755. The highest BCUT2D eigenvalue weighted by atomic mass is 35.5. The van der Waals surface area contributed by atoms with Crippen molar-refractivity contribution in [1.29, 1.82) is 0 Å². The number of halogens is 3. The summed E-state index contributed by atoms with van der Waals surface area (Å²) in [5, 5.41) is 13.1. The molecule has 0 amide bonds. The zero-order valence-electron chi connectivity index (χ0n) is 9.63. The van der Waals surface area contributed by atoms with Crippen LogP contribution in [0.3, 0.4) is 0 Å². The van der Waals surface area contributed by atoms with Crippen LogP contribution >= 0.6 is 46.6 Å². The van der Waals surface area contributed by atoms with Crippen LogP contribution in [0.4, 0.5) is 0 Å². The van der Waals surface area contributed by atoms with E-state index < -0.39 is 4.33 Å². The molecule has 8 heteroatoms. The maximum absolute atomic E-state index is 6.00. The van der Waals surface area contributed by atoms with Gasteiger partial charge in [0.25, 0.3) is 0 Å². The number of benzene rings is 1. The third-order valence-electron chi connectivity index (χ3n) is 2.88. The second-order valence-corrected chi connectivity index (χ2v) is 7.29. The molecule has 4 nitrogen and oxygen atoms in total. The van der Waals surface area contributed by atoms with Crippen molar-refractivity contribution >= 4 is 46.6 Å². The first kappa shape index (κ1) is 13.5. The molecule has 1 saturated carbocycles. The van der Waals surface area contributed by atoms with Crippen LogP contribution in [0.15, 0.2) is 29.4 Å². The van der Waals surface area contributed by atoms with Crippen molar-refractivity contribution in [3.63, 3.8) is 0 Å². The minimum atomic E-state index is -0.564. The molecule has 0 spiro atoms. The van der Waals surface area contributed by atoms with E-state index in [0.717, 1.165) is 23.0 Å². The molecule has 1 aliphatic rings. The third-order valence-corrected chi connectivity index (χ3v) is 5.14. The van der Waals surface area contributed by atoms with Gasteiger partial charge < -0.3 is 0 Å². The first-order valence-electron chi connectivity index (χ1n) is 5.61. The van der Waals surface area contributed by atoms with Gasteiger partial charge in [0.15, 0.2) is 0 Å². The summed E-state index contributed by atoms with van der Waals surface area (Å²) in [6, 6.07) is 7.34. The summed E-state index contributed by atoms with van der Waals surface area (Å²) < 4.78 is 1.11. The summed E-state index contributed by atoms with van der Waals surface area (Å²) >= 11 is 19.4. The predicted molar refractivity (Wildman–Crippen MR) is 77.4 cm³/mol. The van der Waals surface area contributed by atoms with Crippen LogP contribution in [0.5, 0.6) is 0 Å². The molecule has 0 aliphatic heterocycles. The number of aromatic nitrogens is 4. The molecule has 1 fully saturated rings. The highest BCUT2D eigenvalue weighted by Crippen LogP contribution is 2.54.